The van der Waals surface area contributed by atoms with E-state index in [4.69, 9.17) is 0 Å². The number of piperidine rings is 1. The lowest BCUT2D eigenvalue weighted by atomic mass is 9.88. The molecule has 0 aromatic heterocycles. The lowest BCUT2D eigenvalue weighted by Gasteiger charge is -2.23. The molecule has 0 spiro atoms. The number of hydrogen-bond donors (Lipinski definition) is 1. The highest BCUT2D eigenvalue weighted by atomic mass is 79.9. The molecular weight excluding hydrogens is 262 g/mol. The van der Waals surface area contributed by atoms with E-state index < -0.39 is 0 Å². The summed E-state index contributed by atoms with van der Waals surface area (Å²) in [5.41, 5.74) is 3.06. The topological polar surface area (TPSA) is 12.0 Å². The van der Waals surface area contributed by atoms with Crippen molar-refractivity contribution in [2.75, 3.05) is 13.1 Å². The average molecular weight is 282 g/mol. The number of aryl methyl sites for hydroxylation is 1. The average Bonchev–Trinajstić information content (AvgIpc) is 2.31. The van der Waals surface area contributed by atoms with E-state index in [-0.39, 0.29) is 0 Å². The summed E-state index contributed by atoms with van der Waals surface area (Å²) in [5, 5.41) is 3.43. The van der Waals surface area contributed by atoms with E-state index in [0.717, 1.165) is 12.3 Å². The largest absolute Gasteiger partial charge is 0.317 e. The van der Waals surface area contributed by atoms with Gasteiger partial charge < -0.3 is 5.32 Å². The normalized spacial score (nSPS) is 17.6. The Labute approximate surface area is 107 Å². The Kier molecular flexibility index (Phi) is 4.42. The molecule has 0 unspecified atom stereocenters. The minimum Gasteiger partial charge on any atom is -0.317 e. The van der Waals surface area contributed by atoms with Crippen molar-refractivity contribution in [1.29, 1.82) is 0 Å². The van der Waals surface area contributed by atoms with Gasteiger partial charge in [-0.2, -0.15) is 0 Å². The number of rotatable bonds is 3. The van der Waals surface area contributed by atoms with Gasteiger partial charge in [0.2, 0.25) is 0 Å². The molecule has 1 aliphatic heterocycles. The Morgan fingerprint density at radius 1 is 1.25 bits per heavy atom. The van der Waals surface area contributed by atoms with Crippen molar-refractivity contribution in [3.8, 4) is 0 Å². The molecule has 0 saturated carbocycles. The maximum atomic E-state index is 3.58. The first-order valence-corrected chi connectivity index (χ1v) is 7.07. The van der Waals surface area contributed by atoms with Crippen molar-refractivity contribution < 1.29 is 0 Å². The molecule has 0 radical (unpaired) electrons. The minimum absolute atomic E-state index is 0.876. The minimum atomic E-state index is 0.876. The maximum Gasteiger partial charge on any atom is 0.0178 e. The third-order valence-corrected chi connectivity index (χ3v) is 4.01. The van der Waals surface area contributed by atoms with Gasteiger partial charge in [0, 0.05) is 4.47 Å². The van der Waals surface area contributed by atoms with Crippen LogP contribution in [0.4, 0.5) is 0 Å². The quantitative estimate of drug-likeness (QED) is 0.894. The van der Waals surface area contributed by atoms with E-state index in [1.807, 2.05) is 0 Å². The number of hydrogen-bond acceptors (Lipinski definition) is 1. The highest BCUT2D eigenvalue weighted by molar-refractivity contribution is 9.10. The van der Waals surface area contributed by atoms with Crippen LogP contribution in [0.15, 0.2) is 22.7 Å². The molecule has 1 nitrogen and oxygen atoms in total. The van der Waals surface area contributed by atoms with E-state index in [9.17, 15) is 0 Å². The molecule has 0 aliphatic carbocycles. The molecule has 1 heterocycles. The lowest BCUT2D eigenvalue weighted by molar-refractivity contribution is 0.372. The lowest BCUT2D eigenvalue weighted by Crippen LogP contribution is -2.28. The van der Waals surface area contributed by atoms with Gasteiger partial charge in [-0.1, -0.05) is 28.9 Å². The Bertz CT molecular complexity index is 343. The molecule has 88 valence electrons. The van der Waals surface area contributed by atoms with E-state index in [1.165, 1.54) is 42.4 Å². The van der Waals surface area contributed by atoms with Gasteiger partial charge in [-0.05, 0) is 68.0 Å². The highest BCUT2D eigenvalue weighted by Gasteiger charge is 2.15. The monoisotopic (exact) mass is 281 g/mol. The smallest absolute Gasteiger partial charge is 0.0178 e. The zero-order chi connectivity index (χ0) is 11.4. The first-order chi connectivity index (χ1) is 7.79. The van der Waals surface area contributed by atoms with Crippen LogP contribution in [0.5, 0.6) is 0 Å². The van der Waals surface area contributed by atoms with Crippen LogP contribution in [-0.4, -0.2) is 13.1 Å². The second-order valence-corrected chi connectivity index (χ2v) is 5.58. The van der Waals surface area contributed by atoms with Gasteiger partial charge in [0.15, 0.2) is 0 Å². The van der Waals surface area contributed by atoms with Gasteiger partial charge in [-0.15, -0.1) is 0 Å². The van der Waals surface area contributed by atoms with Gasteiger partial charge >= 0.3 is 0 Å². The maximum absolute atomic E-state index is 3.58. The SMILES string of the molecule is CCc1ccc(Br)cc1CC1CCNCC1. The summed E-state index contributed by atoms with van der Waals surface area (Å²) in [6.45, 7) is 4.63. The van der Waals surface area contributed by atoms with Crippen molar-refractivity contribution in [3.05, 3.63) is 33.8 Å². The van der Waals surface area contributed by atoms with Crippen molar-refractivity contribution >= 4 is 15.9 Å². The van der Waals surface area contributed by atoms with Crippen LogP contribution in [0.3, 0.4) is 0 Å². The summed E-state index contributed by atoms with van der Waals surface area (Å²) in [4.78, 5) is 0. The van der Waals surface area contributed by atoms with Gasteiger partial charge in [-0.25, -0.2) is 0 Å². The number of halogens is 1. The summed E-state index contributed by atoms with van der Waals surface area (Å²) in [5.74, 6) is 0.876. The van der Waals surface area contributed by atoms with Gasteiger partial charge in [0.1, 0.15) is 0 Å². The van der Waals surface area contributed by atoms with Crippen LogP contribution >= 0.6 is 15.9 Å². The van der Waals surface area contributed by atoms with Crippen molar-refractivity contribution in [2.24, 2.45) is 5.92 Å². The van der Waals surface area contributed by atoms with Gasteiger partial charge in [0.25, 0.3) is 0 Å². The fourth-order valence-corrected chi connectivity index (χ4v) is 2.93. The first kappa shape index (κ1) is 12.1. The third kappa shape index (κ3) is 3.08. The molecule has 0 amide bonds. The first-order valence-electron chi connectivity index (χ1n) is 6.27. The highest BCUT2D eigenvalue weighted by Crippen LogP contribution is 2.23. The Hall–Kier alpha value is -0.340. The van der Waals surface area contributed by atoms with Gasteiger partial charge in [-0.3, -0.25) is 0 Å². The molecule has 2 heteroatoms. The van der Waals surface area contributed by atoms with Crippen molar-refractivity contribution in [2.45, 2.75) is 32.6 Å². The molecule has 1 fully saturated rings. The molecule has 1 N–H and O–H groups in total. The number of benzene rings is 1. The summed E-state index contributed by atoms with van der Waals surface area (Å²) in [7, 11) is 0. The van der Waals surface area contributed by atoms with Crippen LogP contribution < -0.4 is 5.32 Å². The molecule has 16 heavy (non-hydrogen) atoms. The van der Waals surface area contributed by atoms with Crippen LogP contribution in [0.1, 0.15) is 30.9 Å². The van der Waals surface area contributed by atoms with Crippen LogP contribution in [0.25, 0.3) is 0 Å². The molecule has 1 aliphatic rings. The fraction of sp³-hybridized carbons (Fsp3) is 0.571. The third-order valence-electron chi connectivity index (χ3n) is 3.52. The molecular formula is C14H20BrN. The second kappa shape index (κ2) is 5.83. The zero-order valence-electron chi connectivity index (χ0n) is 9.93. The molecule has 0 bridgehead atoms. The molecule has 0 atom stereocenters. The molecule has 1 saturated heterocycles. The summed E-state index contributed by atoms with van der Waals surface area (Å²) in [6.07, 6.45) is 5.06. The van der Waals surface area contributed by atoms with Crippen molar-refractivity contribution in [3.63, 3.8) is 0 Å². The second-order valence-electron chi connectivity index (χ2n) is 4.66. The van der Waals surface area contributed by atoms with E-state index in [1.54, 1.807) is 5.56 Å². The molecule has 1 aromatic carbocycles. The summed E-state index contributed by atoms with van der Waals surface area (Å²) in [6, 6.07) is 6.73. The van der Waals surface area contributed by atoms with Crippen molar-refractivity contribution in [1.82, 2.24) is 5.32 Å². The Balaban J connectivity index is 2.09. The zero-order valence-corrected chi connectivity index (χ0v) is 11.5. The van der Waals surface area contributed by atoms with E-state index in [0.29, 0.717) is 0 Å². The van der Waals surface area contributed by atoms with E-state index >= 15 is 0 Å². The Morgan fingerprint density at radius 3 is 2.69 bits per heavy atom. The van der Waals surface area contributed by atoms with Crippen LogP contribution in [0.2, 0.25) is 0 Å². The summed E-state index contributed by atoms with van der Waals surface area (Å²) < 4.78 is 1.22. The standard InChI is InChI=1S/C14H20BrN/c1-2-12-3-4-14(15)10-13(12)9-11-5-7-16-8-6-11/h3-4,10-11,16H,2,5-9H2,1H3. The molecule has 2 rings (SSSR count). The van der Waals surface area contributed by atoms with E-state index in [2.05, 4.69) is 46.4 Å². The predicted molar refractivity (Wildman–Crippen MR) is 72.8 cm³/mol. The van der Waals surface area contributed by atoms with Crippen LogP contribution in [-0.2, 0) is 12.8 Å². The predicted octanol–water partition coefficient (Wildman–Crippen LogP) is 3.55. The number of nitrogens with one attached hydrogen (secondary N) is 1. The van der Waals surface area contributed by atoms with Crippen LogP contribution in [0, 0.1) is 5.92 Å². The Morgan fingerprint density at radius 2 is 2.00 bits per heavy atom. The van der Waals surface area contributed by atoms with Gasteiger partial charge in [0.05, 0.1) is 0 Å². The summed E-state index contributed by atoms with van der Waals surface area (Å²) >= 11 is 3.58. The fourth-order valence-electron chi connectivity index (χ4n) is 2.53. The molecule has 1 aromatic rings.